The first-order valence-electron chi connectivity index (χ1n) is 10.00. The number of aliphatic hydroxyl groups excluding tert-OH is 1. The lowest BCUT2D eigenvalue weighted by atomic mass is 9.94. The Morgan fingerprint density at radius 2 is 1.71 bits per heavy atom. The largest absolute Gasteiger partial charge is 0.507 e. The minimum atomic E-state index is -1.24. The van der Waals surface area contributed by atoms with E-state index < -0.39 is 40.8 Å². The number of anilines is 1. The van der Waals surface area contributed by atoms with Crippen molar-refractivity contribution < 1.29 is 28.2 Å². The van der Waals surface area contributed by atoms with Gasteiger partial charge in [-0.1, -0.05) is 53.0 Å². The molecule has 1 amide bonds. The third-order valence-electron chi connectivity index (χ3n) is 5.45. The standard InChI is InChI=1S/C25H17Cl2F2NO4/c1-12-4-3-5-13(8-12)21-20(22(31)14-9-16(26)24(34-2)17(27)10-14)23(32)25(33)30(21)19-11-15(28)6-7-18(19)29/h3-11,21,31H,1-2H3/b22-20+. The first kappa shape index (κ1) is 23.7. The fourth-order valence-electron chi connectivity index (χ4n) is 3.95. The fourth-order valence-corrected chi connectivity index (χ4v) is 4.60. The highest BCUT2D eigenvalue weighted by atomic mass is 35.5. The summed E-state index contributed by atoms with van der Waals surface area (Å²) < 4.78 is 33.8. The number of aliphatic hydroxyl groups is 1. The summed E-state index contributed by atoms with van der Waals surface area (Å²) in [5, 5.41) is 11.3. The van der Waals surface area contributed by atoms with Crippen LogP contribution in [-0.2, 0) is 9.59 Å². The smallest absolute Gasteiger partial charge is 0.300 e. The van der Waals surface area contributed by atoms with Crippen LogP contribution in [0.5, 0.6) is 5.75 Å². The second-order valence-electron chi connectivity index (χ2n) is 7.65. The molecule has 1 saturated heterocycles. The highest BCUT2D eigenvalue weighted by Crippen LogP contribution is 2.44. The molecule has 1 aliphatic heterocycles. The fraction of sp³-hybridized carbons (Fsp3) is 0.120. The van der Waals surface area contributed by atoms with E-state index in [-0.39, 0.29) is 26.9 Å². The lowest BCUT2D eigenvalue weighted by Crippen LogP contribution is -2.30. The molecule has 0 spiro atoms. The van der Waals surface area contributed by atoms with Crippen LogP contribution in [0.2, 0.25) is 10.0 Å². The van der Waals surface area contributed by atoms with Gasteiger partial charge in [-0.05, 0) is 36.8 Å². The van der Waals surface area contributed by atoms with Gasteiger partial charge < -0.3 is 9.84 Å². The Kier molecular flexibility index (Phi) is 6.34. The number of nitrogens with zero attached hydrogens (tertiary/aromatic N) is 1. The molecule has 174 valence electrons. The molecule has 9 heteroatoms. The van der Waals surface area contributed by atoms with Gasteiger partial charge in [0, 0.05) is 11.6 Å². The summed E-state index contributed by atoms with van der Waals surface area (Å²) in [7, 11) is 1.36. The van der Waals surface area contributed by atoms with Gasteiger partial charge in [0.15, 0.2) is 5.75 Å². The van der Waals surface area contributed by atoms with Crippen molar-refractivity contribution in [1.29, 1.82) is 0 Å². The van der Waals surface area contributed by atoms with Crippen molar-refractivity contribution in [3.8, 4) is 5.75 Å². The number of carbonyl (C=O) groups is 2. The van der Waals surface area contributed by atoms with E-state index in [2.05, 4.69) is 0 Å². The first-order valence-corrected chi connectivity index (χ1v) is 10.8. The average Bonchev–Trinajstić information content (AvgIpc) is 3.05. The number of methoxy groups -OCH3 is 1. The van der Waals surface area contributed by atoms with Crippen LogP contribution < -0.4 is 9.64 Å². The number of Topliss-reactive ketones (excluding diaryl/α,β-unsaturated/α-hetero) is 1. The van der Waals surface area contributed by atoms with Crippen LogP contribution in [0.1, 0.15) is 22.7 Å². The van der Waals surface area contributed by atoms with Crippen LogP contribution in [0.25, 0.3) is 5.76 Å². The summed E-state index contributed by atoms with van der Waals surface area (Å²) in [4.78, 5) is 27.1. The molecule has 0 aromatic heterocycles. The van der Waals surface area contributed by atoms with E-state index in [0.717, 1.165) is 28.7 Å². The zero-order valence-corrected chi connectivity index (χ0v) is 19.4. The van der Waals surface area contributed by atoms with Crippen LogP contribution in [0.3, 0.4) is 0 Å². The molecule has 1 N–H and O–H groups in total. The Morgan fingerprint density at radius 3 is 2.32 bits per heavy atom. The number of hydrogen-bond acceptors (Lipinski definition) is 4. The van der Waals surface area contributed by atoms with Crippen molar-refractivity contribution >= 4 is 46.3 Å². The predicted molar refractivity (Wildman–Crippen MR) is 125 cm³/mol. The van der Waals surface area contributed by atoms with Gasteiger partial charge in [0.25, 0.3) is 11.7 Å². The highest BCUT2D eigenvalue weighted by Gasteiger charge is 2.48. The van der Waals surface area contributed by atoms with E-state index in [1.165, 1.54) is 19.2 Å². The molecule has 4 rings (SSSR count). The van der Waals surface area contributed by atoms with Gasteiger partial charge in [0.05, 0.1) is 34.5 Å². The zero-order valence-electron chi connectivity index (χ0n) is 17.9. The zero-order chi connectivity index (χ0) is 24.7. The maximum atomic E-state index is 14.7. The van der Waals surface area contributed by atoms with Gasteiger partial charge in [-0.3, -0.25) is 14.5 Å². The SMILES string of the molecule is COc1c(Cl)cc(/C(O)=C2\C(=O)C(=O)N(c3cc(F)ccc3F)C2c2cccc(C)c2)cc1Cl. The summed E-state index contributed by atoms with van der Waals surface area (Å²) in [6, 6.07) is 10.8. The monoisotopic (exact) mass is 503 g/mol. The molecular formula is C25H17Cl2F2NO4. The number of benzene rings is 3. The number of ketones is 1. The van der Waals surface area contributed by atoms with Gasteiger partial charge in [-0.15, -0.1) is 0 Å². The molecule has 1 fully saturated rings. The van der Waals surface area contributed by atoms with E-state index in [9.17, 15) is 23.5 Å². The Bertz CT molecular complexity index is 1350. The van der Waals surface area contributed by atoms with Crippen molar-refractivity contribution in [3.05, 3.63) is 98.5 Å². The molecule has 3 aromatic rings. The number of aryl methyl sites for hydroxylation is 1. The van der Waals surface area contributed by atoms with Crippen LogP contribution in [0, 0.1) is 18.6 Å². The summed E-state index contributed by atoms with van der Waals surface area (Å²) in [6.45, 7) is 1.79. The molecule has 3 aromatic carbocycles. The van der Waals surface area contributed by atoms with E-state index in [0.29, 0.717) is 5.56 Å². The maximum absolute atomic E-state index is 14.7. The third kappa shape index (κ3) is 4.02. The van der Waals surface area contributed by atoms with Crippen LogP contribution in [0.4, 0.5) is 14.5 Å². The van der Waals surface area contributed by atoms with E-state index >= 15 is 0 Å². The Labute approximate surface area is 203 Å². The minimum absolute atomic E-state index is 0.0474. The Balaban J connectivity index is 2.00. The Morgan fingerprint density at radius 1 is 1.03 bits per heavy atom. The Hall–Kier alpha value is -3.42. The van der Waals surface area contributed by atoms with Crippen molar-refractivity contribution in [1.82, 2.24) is 0 Å². The number of hydrogen-bond donors (Lipinski definition) is 1. The van der Waals surface area contributed by atoms with Crippen molar-refractivity contribution in [2.24, 2.45) is 0 Å². The summed E-state index contributed by atoms with van der Waals surface area (Å²) >= 11 is 12.4. The predicted octanol–water partition coefficient (Wildman–Crippen LogP) is 6.21. The first-order chi connectivity index (χ1) is 16.1. The van der Waals surface area contributed by atoms with Gasteiger partial charge in [-0.2, -0.15) is 0 Å². The minimum Gasteiger partial charge on any atom is -0.507 e. The van der Waals surface area contributed by atoms with Gasteiger partial charge in [-0.25, -0.2) is 8.78 Å². The number of carbonyl (C=O) groups excluding carboxylic acids is 2. The molecule has 0 radical (unpaired) electrons. The van der Waals surface area contributed by atoms with Gasteiger partial charge in [0.2, 0.25) is 0 Å². The van der Waals surface area contributed by atoms with E-state index in [1.54, 1.807) is 31.2 Å². The van der Waals surface area contributed by atoms with Crippen molar-refractivity contribution in [3.63, 3.8) is 0 Å². The molecule has 1 aliphatic rings. The second kappa shape index (κ2) is 9.08. The van der Waals surface area contributed by atoms with Crippen molar-refractivity contribution in [2.75, 3.05) is 12.0 Å². The van der Waals surface area contributed by atoms with Crippen LogP contribution in [0.15, 0.2) is 60.2 Å². The maximum Gasteiger partial charge on any atom is 0.300 e. The van der Waals surface area contributed by atoms with E-state index in [4.69, 9.17) is 27.9 Å². The average molecular weight is 504 g/mol. The highest BCUT2D eigenvalue weighted by molar-refractivity contribution is 6.51. The number of ether oxygens (including phenoxy) is 1. The van der Waals surface area contributed by atoms with Crippen molar-refractivity contribution in [2.45, 2.75) is 13.0 Å². The quantitative estimate of drug-likeness (QED) is 0.261. The lowest BCUT2D eigenvalue weighted by Gasteiger charge is -2.26. The number of halogens is 4. The second-order valence-corrected chi connectivity index (χ2v) is 8.47. The number of amides is 1. The van der Waals surface area contributed by atoms with Gasteiger partial charge >= 0.3 is 0 Å². The third-order valence-corrected chi connectivity index (χ3v) is 6.01. The van der Waals surface area contributed by atoms with Gasteiger partial charge in [0.1, 0.15) is 17.4 Å². The molecule has 0 bridgehead atoms. The van der Waals surface area contributed by atoms with Crippen LogP contribution in [-0.4, -0.2) is 23.9 Å². The molecule has 0 aliphatic carbocycles. The molecule has 0 saturated carbocycles. The summed E-state index contributed by atoms with van der Waals surface area (Å²) in [5.41, 5.74) is 0.495. The molecule has 1 atom stereocenters. The normalized spacial score (nSPS) is 17.4. The molecule has 34 heavy (non-hydrogen) atoms. The van der Waals surface area contributed by atoms with E-state index in [1.807, 2.05) is 0 Å². The topological polar surface area (TPSA) is 66.8 Å². The van der Waals surface area contributed by atoms with Crippen LogP contribution >= 0.6 is 23.2 Å². The number of rotatable bonds is 4. The summed E-state index contributed by atoms with van der Waals surface area (Å²) in [5.74, 6) is -4.31. The summed E-state index contributed by atoms with van der Waals surface area (Å²) in [6.07, 6.45) is 0. The molecule has 5 nitrogen and oxygen atoms in total. The molecular weight excluding hydrogens is 487 g/mol. The molecule has 1 heterocycles. The molecule has 1 unspecified atom stereocenters. The lowest BCUT2D eigenvalue weighted by molar-refractivity contribution is -0.132.